The SMILES string of the molecule is O=C(Nc1cc(Br)ccn1)c1cnn2cccnc12. The number of nitrogens with zero attached hydrogens (tertiary/aromatic N) is 4. The van der Waals surface area contributed by atoms with E-state index in [-0.39, 0.29) is 5.91 Å². The molecule has 1 N–H and O–H groups in total. The Bertz CT molecular complexity index is 754. The molecule has 0 radical (unpaired) electrons. The van der Waals surface area contributed by atoms with Gasteiger partial charge in [0.05, 0.1) is 6.20 Å². The molecule has 0 saturated carbocycles. The Balaban J connectivity index is 1.92. The number of nitrogens with one attached hydrogen (secondary N) is 1. The predicted octanol–water partition coefficient (Wildman–Crippen LogP) is 2.14. The summed E-state index contributed by atoms with van der Waals surface area (Å²) in [4.78, 5) is 20.3. The maximum absolute atomic E-state index is 12.1. The molecule has 0 spiro atoms. The summed E-state index contributed by atoms with van der Waals surface area (Å²) in [6.45, 7) is 0. The molecule has 0 unspecified atom stereocenters. The minimum Gasteiger partial charge on any atom is -0.306 e. The zero-order valence-corrected chi connectivity index (χ0v) is 11.2. The van der Waals surface area contributed by atoms with Gasteiger partial charge < -0.3 is 5.32 Å². The molecular weight excluding hydrogens is 310 g/mol. The van der Waals surface area contributed by atoms with Crippen molar-refractivity contribution in [2.45, 2.75) is 0 Å². The van der Waals surface area contributed by atoms with Crippen molar-refractivity contribution in [3.05, 3.63) is 53.0 Å². The second kappa shape index (κ2) is 4.77. The number of aromatic nitrogens is 4. The summed E-state index contributed by atoms with van der Waals surface area (Å²) in [5.74, 6) is 0.175. The Morgan fingerprint density at radius 3 is 3.05 bits per heavy atom. The van der Waals surface area contributed by atoms with E-state index in [9.17, 15) is 4.79 Å². The summed E-state index contributed by atoms with van der Waals surface area (Å²) >= 11 is 3.32. The van der Waals surface area contributed by atoms with Crippen LogP contribution >= 0.6 is 15.9 Å². The number of fused-ring (bicyclic) bond motifs is 1. The van der Waals surface area contributed by atoms with E-state index < -0.39 is 0 Å². The van der Waals surface area contributed by atoms with Gasteiger partial charge in [-0.25, -0.2) is 14.5 Å². The second-order valence-electron chi connectivity index (χ2n) is 3.76. The Kier molecular flexibility index (Phi) is 2.96. The number of carbonyl (C=O) groups excluding carboxylic acids is 1. The third-order valence-electron chi connectivity index (χ3n) is 2.49. The molecule has 1 amide bonds. The molecule has 0 aliphatic rings. The van der Waals surface area contributed by atoms with Crippen LogP contribution in [0.4, 0.5) is 5.82 Å². The average Bonchev–Trinajstić information content (AvgIpc) is 2.82. The first-order valence-electron chi connectivity index (χ1n) is 5.45. The van der Waals surface area contributed by atoms with Gasteiger partial charge in [-0.3, -0.25) is 4.79 Å². The second-order valence-corrected chi connectivity index (χ2v) is 4.68. The first kappa shape index (κ1) is 11.8. The van der Waals surface area contributed by atoms with Crippen LogP contribution in [0.2, 0.25) is 0 Å². The van der Waals surface area contributed by atoms with Crippen LogP contribution in [0.3, 0.4) is 0 Å². The van der Waals surface area contributed by atoms with E-state index in [4.69, 9.17) is 0 Å². The summed E-state index contributed by atoms with van der Waals surface area (Å²) < 4.78 is 2.39. The third kappa shape index (κ3) is 2.32. The van der Waals surface area contributed by atoms with Crippen LogP contribution in [-0.4, -0.2) is 25.5 Å². The van der Waals surface area contributed by atoms with Gasteiger partial charge in [0, 0.05) is 23.1 Å². The number of anilines is 1. The molecule has 0 atom stereocenters. The number of amides is 1. The first-order valence-corrected chi connectivity index (χ1v) is 6.24. The number of hydrogen-bond acceptors (Lipinski definition) is 4. The smallest absolute Gasteiger partial charge is 0.262 e. The highest BCUT2D eigenvalue weighted by Gasteiger charge is 2.14. The van der Waals surface area contributed by atoms with Crippen molar-refractivity contribution < 1.29 is 4.79 Å². The molecule has 6 nitrogen and oxygen atoms in total. The van der Waals surface area contributed by atoms with Gasteiger partial charge in [-0.1, -0.05) is 15.9 Å². The van der Waals surface area contributed by atoms with Gasteiger partial charge >= 0.3 is 0 Å². The minimum atomic E-state index is -0.292. The van der Waals surface area contributed by atoms with E-state index in [1.54, 1.807) is 41.3 Å². The lowest BCUT2D eigenvalue weighted by Gasteiger charge is -2.02. The van der Waals surface area contributed by atoms with Crippen molar-refractivity contribution in [3.63, 3.8) is 0 Å². The summed E-state index contributed by atoms with van der Waals surface area (Å²) in [6, 6.07) is 5.25. The summed E-state index contributed by atoms with van der Waals surface area (Å²) in [5, 5.41) is 6.77. The predicted molar refractivity (Wildman–Crippen MR) is 72.9 cm³/mol. The van der Waals surface area contributed by atoms with Crippen LogP contribution in [0.1, 0.15) is 10.4 Å². The van der Waals surface area contributed by atoms with Crippen LogP contribution in [0.25, 0.3) is 5.65 Å². The van der Waals surface area contributed by atoms with E-state index >= 15 is 0 Å². The molecule has 3 aromatic heterocycles. The van der Waals surface area contributed by atoms with Crippen molar-refractivity contribution in [1.82, 2.24) is 19.6 Å². The number of carbonyl (C=O) groups is 1. The normalized spacial score (nSPS) is 10.6. The van der Waals surface area contributed by atoms with Crippen molar-refractivity contribution in [3.8, 4) is 0 Å². The number of halogens is 1. The Morgan fingerprint density at radius 1 is 1.32 bits per heavy atom. The van der Waals surface area contributed by atoms with Gasteiger partial charge in [0.1, 0.15) is 11.4 Å². The number of pyridine rings is 1. The fourth-order valence-corrected chi connectivity index (χ4v) is 1.98. The van der Waals surface area contributed by atoms with Gasteiger partial charge in [0.25, 0.3) is 5.91 Å². The van der Waals surface area contributed by atoms with Gasteiger partial charge in [0.15, 0.2) is 5.65 Å². The molecule has 19 heavy (non-hydrogen) atoms. The first-order chi connectivity index (χ1) is 9.24. The molecule has 7 heteroatoms. The molecule has 0 aliphatic heterocycles. The molecule has 3 heterocycles. The van der Waals surface area contributed by atoms with Gasteiger partial charge in [-0.15, -0.1) is 0 Å². The highest BCUT2D eigenvalue weighted by atomic mass is 79.9. The maximum atomic E-state index is 12.1. The fourth-order valence-electron chi connectivity index (χ4n) is 1.64. The van der Waals surface area contributed by atoms with Crippen LogP contribution in [0.15, 0.2) is 47.5 Å². The molecule has 0 aromatic carbocycles. The van der Waals surface area contributed by atoms with E-state index in [1.807, 2.05) is 0 Å². The van der Waals surface area contributed by atoms with E-state index in [2.05, 4.69) is 36.3 Å². The summed E-state index contributed by atoms with van der Waals surface area (Å²) in [5.41, 5.74) is 0.914. The average molecular weight is 318 g/mol. The third-order valence-corrected chi connectivity index (χ3v) is 2.98. The van der Waals surface area contributed by atoms with Crippen LogP contribution in [0, 0.1) is 0 Å². The zero-order chi connectivity index (χ0) is 13.2. The van der Waals surface area contributed by atoms with Gasteiger partial charge in [-0.2, -0.15) is 5.10 Å². The Hall–Kier alpha value is -2.28. The fraction of sp³-hybridized carbons (Fsp3) is 0. The Labute approximate surface area is 116 Å². The van der Waals surface area contributed by atoms with Crippen molar-refractivity contribution >= 4 is 33.3 Å². The van der Waals surface area contributed by atoms with E-state index in [0.29, 0.717) is 17.0 Å². The van der Waals surface area contributed by atoms with Crippen molar-refractivity contribution in [2.75, 3.05) is 5.32 Å². The van der Waals surface area contributed by atoms with E-state index in [0.717, 1.165) is 4.47 Å². The molecule has 0 fully saturated rings. The highest BCUT2D eigenvalue weighted by molar-refractivity contribution is 9.10. The molecule has 0 saturated heterocycles. The molecule has 0 aliphatic carbocycles. The summed E-state index contributed by atoms with van der Waals surface area (Å²) in [7, 11) is 0. The molecular formula is C12H8BrN5O. The Morgan fingerprint density at radius 2 is 2.21 bits per heavy atom. The minimum absolute atomic E-state index is 0.292. The lowest BCUT2D eigenvalue weighted by Crippen LogP contribution is -2.13. The van der Waals surface area contributed by atoms with Crippen molar-refractivity contribution in [1.29, 1.82) is 0 Å². The molecule has 94 valence electrons. The maximum Gasteiger partial charge on any atom is 0.262 e. The lowest BCUT2D eigenvalue weighted by molar-refractivity contribution is 0.102. The van der Waals surface area contributed by atoms with Crippen LogP contribution in [0.5, 0.6) is 0 Å². The molecule has 0 bridgehead atoms. The standard InChI is InChI=1S/C12H8BrN5O/c13-8-2-4-14-10(6-8)17-12(19)9-7-16-18-5-1-3-15-11(9)18/h1-7H,(H,14,17,19). The van der Waals surface area contributed by atoms with Gasteiger partial charge in [-0.05, 0) is 18.2 Å². The topological polar surface area (TPSA) is 72.2 Å². The van der Waals surface area contributed by atoms with Crippen LogP contribution < -0.4 is 5.32 Å². The number of hydrogen-bond donors (Lipinski definition) is 1. The molecule has 3 aromatic rings. The van der Waals surface area contributed by atoms with E-state index in [1.165, 1.54) is 6.20 Å². The number of rotatable bonds is 2. The van der Waals surface area contributed by atoms with Crippen LogP contribution in [-0.2, 0) is 0 Å². The largest absolute Gasteiger partial charge is 0.306 e. The van der Waals surface area contributed by atoms with Crippen molar-refractivity contribution in [2.24, 2.45) is 0 Å². The lowest BCUT2D eigenvalue weighted by atomic mass is 10.3. The monoisotopic (exact) mass is 317 g/mol. The zero-order valence-electron chi connectivity index (χ0n) is 9.62. The quantitative estimate of drug-likeness (QED) is 0.786. The van der Waals surface area contributed by atoms with Gasteiger partial charge in [0.2, 0.25) is 0 Å². The highest BCUT2D eigenvalue weighted by Crippen LogP contribution is 2.14. The molecule has 3 rings (SSSR count). The summed E-state index contributed by atoms with van der Waals surface area (Å²) in [6.07, 6.45) is 6.44.